The van der Waals surface area contributed by atoms with Crippen LogP contribution in [0.4, 0.5) is 0 Å². The van der Waals surface area contributed by atoms with Gasteiger partial charge in [-0.25, -0.2) is 17.8 Å². The minimum Gasteiger partial charge on any atom is -0.391 e. The van der Waals surface area contributed by atoms with Crippen LogP contribution in [0, 0.1) is 5.92 Å². The summed E-state index contributed by atoms with van der Waals surface area (Å²) in [5.74, 6) is 0.0794. The summed E-state index contributed by atoms with van der Waals surface area (Å²) in [4.78, 5) is 0. The van der Waals surface area contributed by atoms with E-state index in [9.17, 15) is 13.5 Å². The van der Waals surface area contributed by atoms with Gasteiger partial charge >= 0.3 is 0 Å². The molecule has 0 fully saturated rings. The Morgan fingerprint density at radius 1 is 1.42 bits per heavy atom. The third-order valence-electron chi connectivity index (χ3n) is 3.07. The van der Waals surface area contributed by atoms with Crippen LogP contribution in [0.3, 0.4) is 0 Å². The van der Waals surface area contributed by atoms with Crippen LogP contribution >= 0.6 is 15.9 Å². The number of hydrogen-bond donors (Lipinski definition) is 2. The first-order valence-electron chi connectivity index (χ1n) is 6.06. The van der Waals surface area contributed by atoms with E-state index in [0.29, 0.717) is 0 Å². The molecule has 0 radical (unpaired) electrons. The second kappa shape index (κ2) is 6.78. The van der Waals surface area contributed by atoms with Gasteiger partial charge in [-0.1, -0.05) is 31.9 Å². The highest BCUT2D eigenvalue weighted by atomic mass is 79.9. The van der Waals surface area contributed by atoms with Gasteiger partial charge in [0.25, 0.3) is 10.0 Å². The molecule has 0 saturated carbocycles. The van der Waals surface area contributed by atoms with Gasteiger partial charge in [0, 0.05) is 13.6 Å². The minimum atomic E-state index is -3.74. The van der Waals surface area contributed by atoms with Crippen molar-refractivity contribution in [2.24, 2.45) is 13.0 Å². The van der Waals surface area contributed by atoms with Crippen LogP contribution in [0.1, 0.15) is 26.7 Å². The van der Waals surface area contributed by atoms with Crippen molar-refractivity contribution in [2.75, 3.05) is 6.54 Å². The van der Waals surface area contributed by atoms with Crippen molar-refractivity contribution in [2.45, 2.75) is 37.8 Å². The summed E-state index contributed by atoms with van der Waals surface area (Å²) < 4.78 is 27.9. The molecule has 110 valence electrons. The molecule has 1 unspecified atom stereocenters. The highest BCUT2D eigenvalue weighted by Gasteiger charge is 2.25. The largest absolute Gasteiger partial charge is 0.391 e. The lowest BCUT2D eigenvalue weighted by Gasteiger charge is -2.20. The zero-order chi connectivity index (χ0) is 14.6. The topological polar surface area (TPSA) is 97.1 Å². The summed E-state index contributed by atoms with van der Waals surface area (Å²) >= 11 is 3.04. The van der Waals surface area contributed by atoms with E-state index in [1.165, 1.54) is 7.05 Å². The van der Waals surface area contributed by atoms with Gasteiger partial charge in [-0.2, -0.15) is 0 Å². The standard InChI is InChI=1S/C10H19BrN4O3S/c1-4-7(5-2)8(16)6-12-19(17,18)10-9(11)13-14-15(10)3/h7-8,12,16H,4-6H2,1-3H3. The van der Waals surface area contributed by atoms with Gasteiger partial charge in [-0.15, -0.1) is 5.10 Å². The zero-order valence-corrected chi connectivity index (χ0v) is 13.6. The Hall–Kier alpha value is -0.510. The number of aliphatic hydroxyl groups is 1. The molecule has 0 aliphatic heterocycles. The first-order valence-corrected chi connectivity index (χ1v) is 8.34. The quantitative estimate of drug-likeness (QED) is 0.749. The molecule has 1 heterocycles. The van der Waals surface area contributed by atoms with Crippen molar-refractivity contribution in [3.8, 4) is 0 Å². The molecular weight excluding hydrogens is 336 g/mol. The summed E-state index contributed by atoms with van der Waals surface area (Å²) in [6.07, 6.45) is 0.900. The fourth-order valence-corrected chi connectivity index (χ4v) is 4.01. The predicted molar refractivity (Wildman–Crippen MR) is 74.0 cm³/mol. The molecule has 0 spiro atoms. The Bertz CT molecular complexity index is 493. The number of sulfonamides is 1. The van der Waals surface area contributed by atoms with E-state index in [4.69, 9.17) is 0 Å². The highest BCUT2D eigenvalue weighted by molar-refractivity contribution is 9.10. The molecule has 0 aliphatic rings. The molecule has 1 atom stereocenters. The van der Waals surface area contributed by atoms with Crippen LogP contribution in [0.15, 0.2) is 9.63 Å². The monoisotopic (exact) mass is 354 g/mol. The van der Waals surface area contributed by atoms with Gasteiger partial charge in [0.05, 0.1) is 6.10 Å². The number of rotatable bonds is 7. The van der Waals surface area contributed by atoms with E-state index < -0.39 is 16.1 Å². The summed E-state index contributed by atoms with van der Waals surface area (Å²) in [5.41, 5.74) is 0. The normalized spacial score (nSPS) is 14.0. The van der Waals surface area contributed by atoms with Gasteiger partial charge in [0.1, 0.15) is 0 Å². The van der Waals surface area contributed by atoms with E-state index in [1.54, 1.807) is 0 Å². The van der Waals surface area contributed by atoms with Crippen LogP contribution in [0.2, 0.25) is 0 Å². The minimum absolute atomic E-state index is 0.0215. The molecule has 0 saturated heterocycles. The second-order valence-electron chi connectivity index (χ2n) is 4.30. The molecule has 1 aromatic heterocycles. The van der Waals surface area contributed by atoms with Crippen LogP contribution in [-0.2, 0) is 17.1 Å². The predicted octanol–water partition coefficient (Wildman–Crippen LogP) is 0.653. The number of aryl methyl sites for hydroxylation is 1. The molecule has 2 N–H and O–H groups in total. The van der Waals surface area contributed by atoms with Crippen molar-refractivity contribution in [1.29, 1.82) is 0 Å². The molecule has 1 aromatic rings. The highest BCUT2D eigenvalue weighted by Crippen LogP contribution is 2.18. The van der Waals surface area contributed by atoms with E-state index >= 15 is 0 Å². The first-order chi connectivity index (χ1) is 8.83. The van der Waals surface area contributed by atoms with Crippen molar-refractivity contribution >= 4 is 26.0 Å². The average molecular weight is 355 g/mol. The molecule has 1 rings (SSSR count). The van der Waals surface area contributed by atoms with Gasteiger partial charge < -0.3 is 5.11 Å². The van der Waals surface area contributed by atoms with Crippen molar-refractivity contribution in [1.82, 2.24) is 19.7 Å². The lowest BCUT2D eigenvalue weighted by Crippen LogP contribution is -2.36. The Labute approximate surface area is 121 Å². The maximum atomic E-state index is 12.1. The molecular formula is C10H19BrN4O3S. The SMILES string of the molecule is CCC(CC)C(O)CNS(=O)(=O)c1c(Br)nnn1C. The molecule has 19 heavy (non-hydrogen) atoms. The molecule has 7 nitrogen and oxygen atoms in total. The lowest BCUT2D eigenvalue weighted by atomic mass is 9.97. The Morgan fingerprint density at radius 2 is 2.00 bits per heavy atom. The third-order valence-corrected chi connectivity index (χ3v) is 5.38. The Balaban J connectivity index is 2.77. The number of aliphatic hydroxyl groups excluding tert-OH is 1. The number of nitrogens with zero attached hydrogens (tertiary/aromatic N) is 3. The first kappa shape index (κ1) is 16.5. The van der Waals surface area contributed by atoms with Crippen molar-refractivity contribution < 1.29 is 13.5 Å². The fraction of sp³-hybridized carbons (Fsp3) is 0.800. The maximum absolute atomic E-state index is 12.1. The summed E-state index contributed by atoms with van der Waals surface area (Å²) in [5, 5.41) is 17.1. The van der Waals surface area contributed by atoms with Gasteiger partial charge in [-0.3, -0.25) is 0 Å². The van der Waals surface area contributed by atoms with Gasteiger partial charge in [0.2, 0.25) is 5.03 Å². The number of aromatic nitrogens is 3. The molecule has 9 heteroatoms. The van der Waals surface area contributed by atoms with Gasteiger partial charge in [-0.05, 0) is 21.8 Å². The molecule has 0 bridgehead atoms. The summed E-state index contributed by atoms with van der Waals surface area (Å²) in [6.45, 7) is 3.91. The van der Waals surface area contributed by atoms with Gasteiger partial charge in [0.15, 0.2) is 4.60 Å². The van der Waals surface area contributed by atoms with E-state index in [1.807, 2.05) is 13.8 Å². The second-order valence-corrected chi connectivity index (χ2v) is 6.74. The van der Waals surface area contributed by atoms with Crippen LogP contribution in [0.25, 0.3) is 0 Å². The molecule has 0 aromatic carbocycles. The fourth-order valence-electron chi connectivity index (χ4n) is 1.87. The Kier molecular flexibility index (Phi) is 5.90. The summed E-state index contributed by atoms with van der Waals surface area (Å²) in [7, 11) is -2.25. The number of hydrogen-bond acceptors (Lipinski definition) is 5. The number of halogens is 1. The maximum Gasteiger partial charge on any atom is 0.260 e. The van der Waals surface area contributed by atoms with Crippen molar-refractivity contribution in [3.05, 3.63) is 4.60 Å². The van der Waals surface area contributed by atoms with E-state index in [0.717, 1.165) is 17.5 Å². The summed E-state index contributed by atoms with van der Waals surface area (Å²) in [6, 6.07) is 0. The van der Waals surface area contributed by atoms with Crippen LogP contribution in [0.5, 0.6) is 0 Å². The van der Waals surface area contributed by atoms with Crippen LogP contribution < -0.4 is 4.72 Å². The zero-order valence-electron chi connectivity index (χ0n) is 11.2. The third kappa shape index (κ3) is 3.98. The molecule has 0 aliphatic carbocycles. The van der Waals surface area contributed by atoms with E-state index in [2.05, 4.69) is 31.0 Å². The smallest absolute Gasteiger partial charge is 0.260 e. The number of nitrogens with one attached hydrogen (secondary N) is 1. The van der Waals surface area contributed by atoms with Crippen LogP contribution in [-0.4, -0.2) is 41.2 Å². The van der Waals surface area contributed by atoms with E-state index in [-0.39, 0.29) is 22.1 Å². The Morgan fingerprint density at radius 3 is 2.42 bits per heavy atom. The average Bonchev–Trinajstić information content (AvgIpc) is 2.69. The lowest BCUT2D eigenvalue weighted by molar-refractivity contribution is 0.107. The van der Waals surface area contributed by atoms with Crippen molar-refractivity contribution in [3.63, 3.8) is 0 Å². The molecule has 0 amide bonds.